The summed E-state index contributed by atoms with van der Waals surface area (Å²) in [5.74, 6) is 0.686. The van der Waals surface area contributed by atoms with Gasteiger partial charge in [-0.15, -0.1) is 0 Å². The quantitative estimate of drug-likeness (QED) is 0.922. The third kappa shape index (κ3) is 2.90. The second-order valence-electron chi connectivity index (χ2n) is 4.23. The van der Waals surface area contributed by atoms with Gasteiger partial charge in [0.1, 0.15) is 5.69 Å². The molecule has 1 N–H and O–H groups in total. The third-order valence-electron chi connectivity index (χ3n) is 2.96. The monoisotopic (exact) mass is 314 g/mol. The summed E-state index contributed by atoms with van der Waals surface area (Å²) in [7, 11) is 3.46. The lowest BCUT2D eigenvalue weighted by Crippen LogP contribution is -2.26. The number of aryl methyl sites for hydroxylation is 1. The SMILES string of the molecule is CCNC(c1ncc(Cl)cc1Cl)c1c(OC)cnn1C. The van der Waals surface area contributed by atoms with E-state index in [-0.39, 0.29) is 6.04 Å². The van der Waals surface area contributed by atoms with Crippen LogP contribution in [0.1, 0.15) is 24.4 Å². The number of nitrogens with zero attached hydrogens (tertiary/aromatic N) is 3. The van der Waals surface area contributed by atoms with Crippen LogP contribution in [0, 0.1) is 0 Å². The van der Waals surface area contributed by atoms with E-state index in [0.29, 0.717) is 21.5 Å². The fourth-order valence-corrected chi connectivity index (χ4v) is 2.57. The van der Waals surface area contributed by atoms with Crippen LogP contribution in [0.15, 0.2) is 18.5 Å². The van der Waals surface area contributed by atoms with Crippen molar-refractivity contribution in [2.45, 2.75) is 13.0 Å². The highest BCUT2D eigenvalue weighted by atomic mass is 35.5. The predicted molar refractivity (Wildman–Crippen MR) is 79.5 cm³/mol. The number of hydrogen-bond acceptors (Lipinski definition) is 4. The molecule has 108 valence electrons. The molecule has 1 unspecified atom stereocenters. The molecular weight excluding hydrogens is 299 g/mol. The molecule has 2 heterocycles. The Balaban J connectivity index is 2.53. The lowest BCUT2D eigenvalue weighted by molar-refractivity contribution is 0.400. The van der Waals surface area contributed by atoms with Crippen molar-refractivity contribution in [2.75, 3.05) is 13.7 Å². The van der Waals surface area contributed by atoms with Gasteiger partial charge in [0.2, 0.25) is 0 Å². The Bertz CT molecular complexity index is 600. The van der Waals surface area contributed by atoms with Gasteiger partial charge >= 0.3 is 0 Å². The lowest BCUT2D eigenvalue weighted by Gasteiger charge is -2.20. The largest absolute Gasteiger partial charge is 0.493 e. The topological polar surface area (TPSA) is 52.0 Å². The van der Waals surface area contributed by atoms with E-state index in [4.69, 9.17) is 27.9 Å². The molecule has 7 heteroatoms. The Hall–Kier alpha value is -1.30. The van der Waals surface area contributed by atoms with Crippen LogP contribution in [0.4, 0.5) is 0 Å². The molecule has 20 heavy (non-hydrogen) atoms. The Morgan fingerprint density at radius 1 is 1.40 bits per heavy atom. The molecular formula is C13H16Cl2N4O. The van der Waals surface area contributed by atoms with Gasteiger partial charge in [0, 0.05) is 13.2 Å². The zero-order valence-corrected chi connectivity index (χ0v) is 13.0. The van der Waals surface area contributed by atoms with E-state index in [1.807, 2.05) is 14.0 Å². The number of rotatable bonds is 5. The van der Waals surface area contributed by atoms with Crippen LogP contribution < -0.4 is 10.1 Å². The van der Waals surface area contributed by atoms with Gasteiger partial charge < -0.3 is 10.1 Å². The highest BCUT2D eigenvalue weighted by molar-refractivity contribution is 6.34. The standard InChI is InChI=1S/C13H16Cl2N4O/c1-4-16-12(11-9(15)5-8(14)6-17-11)13-10(20-3)7-18-19(13)2/h5-7,12,16H,4H2,1-3H3. The van der Waals surface area contributed by atoms with Crippen molar-refractivity contribution in [3.63, 3.8) is 0 Å². The number of nitrogens with one attached hydrogen (secondary N) is 1. The Morgan fingerprint density at radius 2 is 2.15 bits per heavy atom. The van der Waals surface area contributed by atoms with Crippen LogP contribution in [-0.4, -0.2) is 28.4 Å². The zero-order valence-electron chi connectivity index (χ0n) is 11.5. The van der Waals surface area contributed by atoms with E-state index < -0.39 is 0 Å². The average molecular weight is 315 g/mol. The van der Waals surface area contributed by atoms with Gasteiger partial charge in [0.25, 0.3) is 0 Å². The van der Waals surface area contributed by atoms with Gasteiger partial charge in [-0.3, -0.25) is 9.67 Å². The molecule has 0 aromatic carbocycles. The van der Waals surface area contributed by atoms with E-state index in [9.17, 15) is 0 Å². The normalized spacial score (nSPS) is 12.4. The summed E-state index contributed by atoms with van der Waals surface area (Å²) in [6.07, 6.45) is 3.25. The second kappa shape index (κ2) is 6.43. The average Bonchev–Trinajstić information content (AvgIpc) is 2.78. The van der Waals surface area contributed by atoms with Crippen molar-refractivity contribution in [2.24, 2.45) is 7.05 Å². The van der Waals surface area contributed by atoms with Crippen LogP contribution in [-0.2, 0) is 7.05 Å². The molecule has 1 atom stereocenters. The number of hydrogen-bond donors (Lipinski definition) is 1. The van der Waals surface area contributed by atoms with Crippen molar-refractivity contribution >= 4 is 23.2 Å². The number of methoxy groups -OCH3 is 1. The van der Waals surface area contributed by atoms with Crippen LogP contribution in [0.3, 0.4) is 0 Å². The Kier molecular flexibility index (Phi) is 4.86. The van der Waals surface area contributed by atoms with Crippen LogP contribution in [0.25, 0.3) is 0 Å². The smallest absolute Gasteiger partial charge is 0.161 e. The van der Waals surface area contributed by atoms with Crippen molar-refractivity contribution in [1.29, 1.82) is 0 Å². The summed E-state index contributed by atoms with van der Waals surface area (Å²) >= 11 is 12.2. The maximum Gasteiger partial charge on any atom is 0.161 e. The number of ether oxygens (including phenoxy) is 1. The molecule has 2 aromatic heterocycles. The number of aromatic nitrogens is 3. The molecule has 5 nitrogen and oxygen atoms in total. The molecule has 2 aromatic rings. The number of pyridine rings is 1. The zero-order chi connectivity index (χ0) is 14.7. The summed E-state index contributed by atoms with van der Waals surface area (Å²) in [4.78, 5) is 4.35. The molecule has 0 fully saturated rings. The van der Waals surface area contributed by atoms with E-state index in [2.05, 4.69) is 15.4 Å². The summed E-state index contributed by atoms with van der Waals surface area (Å²) < 4.78 is 7.11. The van der Waals surface area contributed by atoms with Crippen molar-refractivity contribution < 1.29 is 4.74 Å². The molecule has 2 rings (SSSR count). The van der Waals surface area contributed by atoms with Gasteiger partial charge in [-0.2, -0.15) is 5.10 Å². The minimum atomic E-state index is -0.216. The fourth-order valence-electron chi connectivity index (χ4n) is 2.08. The first kappa shape index (κ1) is 15.1. The molecule has 0 aliphatic carbocycles. The van der Waals surface area contributed by atoms with Crippen molar-refractivity contribution in [3.8, 4) is 5.75 Å². The summed E-state index contributed by atoms with van der Waals surface area (Å²) in [6, 6.07) is 1.46. The van der Waals surface area contributed by atoms with Crippen molar-refractivity contribution in [1.82, 2.24) is 20.1 Å². The van der Waals surface area contributed by atoms with E-state index in [0.717, 1.165) is 12.2 Å². The fraction of sp³-hybridized carbons (Fsp3) is 0.385. The predicted octanol–water partition coefficient (Wildman–Crippen LogP) is 2.83. The maximum atomic E-state index is 6.27. The molecule has 0 bridgehead atoms. The third-order valence-corrected chi connectivity index (χ3v) is 3.47. The van der Waals surface area contributed by atoms with Gasteiger partial charge in [0.05, 0.1) is 35.1 Å². The van der Waals surface area contributed by atoms with Gasteiger partial charge in [-0.05, 0) is 12.6 Å². The molecule has 0 saturated heterocycles. The summed E-state index contributed by atoms with van der Waals surface area (Å²) in [5.41, 5.74) is 1.56. The van der Waals surface area contributed by atoms with Crippen LogP contribution in [0.2, 0.25) is 10.0 Å². The Morgan fingerprint density at radius 3 is 2.75 bits per heavy atom. The summed E-state index contributed by atoms with van der Waals surface area (Å²) in [6.45, 7) is 2.76. The Labute approximate surface area is 127 Å². The first-order valence-electron chi connectivity index (χ1n) is 6.18. The van der Waals surface area contributed by atoms with E-state index in [1.165, 1.54) is 0 Å². The van der Waals surface area contributed by atoms with Gasteiger partial charge in [-0.25, -0.2) is 0 Å². The first-order chi connectivity index (χ1) is 9.58. The molecule has 0 aliphatic rings. The molecule has 0 amide bonds. The van der Waals surface area contributed by atoms with Crippen LogP contribution in [0.5, 0.6) is 5.75 Å². The summed E-state index contributed by atoms with van der Waals surface area (Å²) in [5, 5.41) is 8.58. The molecule has 0 radical (unpaired) electrons. The maximum absolute atomic E-state index is 6.27. The van der Waals surface area contributed by atoms with E-state index in [1.54, 1.807) is 30.3 Å². The molecule has 0 aliphatic heterocycles. The molecule has 0 saturated carbocycles. The first-order valence-corrected chi connectivity index (χ1v) is 6.94. The number of halogens is 2. The van der Waals surface area contributed by atoms with E-state index >= 15 is 0 Å². The minimum Gasteiger partial charge on any atom is -0.493 e. The van der Waals surface area contributed by atoms with Crippen molar-refractivity contribution in [3.05, 3.63) is 39.9 Å². The van der Waals surface area contributed by atoms with Gasteiger partial charge in [0.15, 0.2) is 5.75 Å². The second-order valence-corrected chi connectivity index (χ2v) is 5.08. The lowest BCUT2D eigenvalue weighted by atomic mass is 10.1. The van der Waals surface area contributed by atoms with Gasteiger partial charge in [-0.1, -0.05) is 30.1 Å². The van der Waals surface area contributed by atoms with Crippen LogP contribution >= 0.6 is 23.2 Å². The highest BCUT2D eigenvalue weighted by Crippen LogP contribution is 2.32. The minimum absolute atomic E-state index is 0.216. The highest BCUT2D eigenvalue weighted by Gasteiger charge is 2.25. The molecule has 0 spiro atoms.